The zero-order valence-corrected chi connectivity index (χ0v) is 13.1. The Kier molecular flexibility index (Phi) is 4.41. The van der Waals surface area contributed by atoms with E-state index < -0.39 is 10.0 Å². The van der Waals surface area contributed by atoms with E-state index in [1.165, 1.54) is 32.3 Å². The van der Waals surface area contributed by atoms with Gasteiger partial charge in [0.05, 0.1) is 10.6 Å². The first-order valence-electron chi connectivity index (χ1n) is 6.06. The first kappa shape index (κ1) is 15.6. The Morgan fingerprint density at radius 2 is 1.71 bits per heavy atom. The Balaban J connectivity index is 2.38. The van der Waals surface area contributed by atoms with Gasteiger partial charge in [-0.05, 0) is 36.4 Å². The SMILES string of the molecule is CN(C)S(=O)(=O)c1ccc(N)c(Oc2ccc(Cl)cc2)c1. The van der Waals surface area contributed by atoms with Crippen molar-refractivity contribution < 1.29 is 13.2 Å². The number of sulfonamides is 1. The minimum Gasteiger partial charge on any atom is -0.455 e. The van der Waals surface area contributed by atoms with Gasteiger partial charge in [0.15, 0.2) is 5.75 Å². The largest absolute Gasteiger partial charge is 0.455 e. The lowest BCUT2D eigenvalue weighted by Gasteiger charge is -2.14. The molecule has 0 aromatic heterocycles. The normalized spacial score (nSPS) is 11.6. The second-order valence-electron chi connectivity index (χ2n) is 4.54. The molecule has 0 heterocycles. The second-order valence-corrected chi connectivity index (χ2v) is 7.13. The molecule has 2 rings (SSSR count). The van der Waals surface area contributed by atoms with E-state index >= 15 is 0 Å². The lowest BCUT2D eigenvalue weighted by molar-refractivity contribution is 0.481. The summed E-state index contributed by atoms with van der Waals surface area (Å²) in [7, 11) is -0.611. The summed E-state index contributed by atoms with van der Waals surface area (Å²) in [4.78, 5) is 0.116. The van der Waals surface area contributed by atoms with Gasteiger partial charge in [-0.2, -0.15) is 0 Å². The molecule has 0 saturated heterocycles. The molecule has 0 saturated carbocycles. The van der Waals surface area contributed by atoms with Crippen LogP contribution in [0, 0.1) is 0 Å². The third-order valence-corrected chi connectivity index (χ3v) is 4.87. The highest BCUT2D eigenvalue weighted by Crippen LogP contribution is 2.31. The molecule has 0 radical (unpaired) electrons. The molecular formula is C14H15ClN2O3S. The Morgan fingerprint density at radius 1 is 1.10 bits per heavy atom. The van der Waals surface area contributed by atoms with E-state index in [0.29, 0.717) is 16.5 Å². The number of nitrogen functional groups attached to an aromatic ring is 1. The molecule has 0 amide bonds. The smallest absolute Gasteiger partial charge is 0.242 e. The predicted molar refractivity (Wildman–Crippen MR) is 83.3 cm³/mol. The van der Waals surface area contributed by atoms with Crippen LogP contribution in [0.1, 0.15) is 0 Å². The highest BCUT2D eigenvalue weighted by Gasteiger charge is 2.19. The molecular weight excluding hydrogens is 312 g/mol. The molecule has 7 heteroatoms. The standard InChI is InChI=1S/C14H15ClN2O3S/c1-17(2)21(18,19)12-7-8-13(16)14(9-12)20-11-5-3-10(15)4-6-11/h3-9H,16H2,1-2H3. The Labute approximate surface area is 128 Å². The maximum atomic E-state index is 12.1. The van der Waals surface area contributed by atoms with Gasteiger partial charge >= 0.3 is 0 Å². The van der Waals surface area contributed by atoms with E-state index in [1.54, 1.807) is 24.3 Å². The van der Waals surface area contributed by atoms with Crippen LogP contribution < -0.4 is 10.5 Å². The molecule has 5 nitrogen and oxygen atoms in total. The van der Waals surface area contributed by atoms with Crippen LogP contribution in [0.15, 0.2) is 47.4 Å². The van der Waals surface area contributed by atoms with Crippen LogP contribution in [0.5, 0.6) is 11.5 Å². The fraction of sp³-hybridized carbons (Fsp3) is 0.143. The predicted octanol–water partition coefficient (Wildman–Crippen LogP) is 2.96. The number of hydrogen-bond donors (Lipinski definition) is 1. The van der Waals surface area contributed by atoms with Crippen molar-refractivity contribution in [2.45, 2.75) is 4.90 Å². The molecule has 0 aliphatic rings. The summed E-state index contributed by atoms with van der Waals surface area (Å²) in [5, 5.41) is 0.583. The summed E-state index contributed by atoms with van der Waals surface area (Å²) in [6.07, 6.45) is 0. The van der Waals surface area contributed by atoms with Gasteiger partial charge in [0.2, 0.25) is 10.0 Å². The summed E-state index contributed by atoms with van der Waals surface area (Å²) in [5.74, 6) is 0.797. The van der Waals surface area contributed by atoms with Gasteiger partial charge in [-0.1, -0.05) is 11.6 Å². The first-order chi connectivity index (χ1) is 9.80. The van der Waals surface area contributed by atoms with Crippen molar-refractivity contribution in [3.63, 3.8) is 0 Å². The van der Waals surface area contributed by atoms with E-state index in [-0.39, 0.29) is 10.6 Å². The quantitative estimate of drug-likeness (QED) is 0.877. The van der Waals surface area contributed by atoms with Crippen LogP contribution in [0.3, 0.4) is 0 Å². The fourth-order valence-corrected chi connectivity index (χ4v) is 2.65. The Bertz CT molecular complexity index is 743. The second kappa shape index (κ2) is 5.93. The number of rotatable bonds is 4. The van der Waals surface area contributed by atoms with Crippen LogP contribution in [0.2, 0.25) is 5.02 Å². The number of benzene rings is 2. The van der Waals surface area contributed by atoms with Crippen LogP contribution in [-0.4, -0.2) is 26.8 Å². The maximum Gasteiger partial charge on any atom is 0.242 e. The van der Waals surface area contributed by atoms with Gasteiger partial charge in [0, 0.05) is 25.2 Å². The zero-order valence-electron chi connectivity index (χ0n) is 11.6. The Hall–Kier alpha value is -1.76. The molecule has 2 aromatic rings. The van der Waals surface area contributed by atoms with Gasteiger partial charge in [-0.25, -0.2) is 12.7 Å². The number of nitrogens with two attached hydrogens (primary N) is 1. The number of hydrogen-bond acceptors (Lipinski definition) is 4. The van der Waals surface area contributed by atoms with Gasteiger partial charge in [0.1, 0.15) is 5.75 Å². The van der Waals surface area contributed by atoms with E-state index in [4.69, 9.17) is 22.1 Å². The van der Waals surface area contributed by atoms with E-state index in [1.807, 2.05) is 0 Å². The summed E-state index contributed by atoms with van der Waals surface area (Å²) in [6, 6.07) is 11.0. The van der Waals surface area contributed by atoms with Crippen LogP contribution in [0.25, 0.3) is 0 Å². The molecule has 2 N–H and O–H groups in total. The monoisotopic (exact) mass is 326 g/mol. The van der Waals surface area contributed by atoms with Crippen molar-refractivity contribution in [1.82, 2.24) is 4.31 Å². The number of nitrogens with zero attached hydrogens (tertiary/aromatic N) is 1. The average molecular weight is 327 g/mol. The zero-order chi connectivity index (χ0) is 15.6. The third-order valence-electron chi connectivity index (χ3n) is 2.81. The van der Waals surface area contributed by atoms with E-state index in [2.05, 4.69) is 0 Å². The van der Waals surface area contributed by atoms with Crippen molar-refractivity contribution in [1.29, 1.82) is 0 Å². The van der Waals surface area contributed by atoms with E-state index in [9.17, 15) is 8.42 Å². The molecule has 0 aliphatic carbocycles. The minimum absolute atomic E-state index is 0.116. The van der Waals surface area contributed by atoms with Crippen molar-refractivity contribution in [2.75, 3.05) is 19.8 Å². The third kappa shape index (κ3) is 3.47. The summed E-state index contributed by atoms with van der Waals surface area (Å²) >= 11 is 5.80. The molecule has 112 valence electrons. The van der Waals surface area contributed by atoms with Crippen molar-refractivity contribution in [3.8, 4) is 11.5 Å². The first-order valence-corrected chi connectivity index (χ1v) is 7.88. The van der Waals surface area contributed by atoms with Gasteiger partial charge < -0.3 is 10.5 Å². The molecule has 0 spiro atoms. The number of halogens is 1. The topological polar surface area (TPSA) is 72.6 Å². The van der Waals surface area contributed by atoms with Crippen molar-refractivity contribution in [3.05, 3.63) is 47.5 Å². The van der Waals surface area contributed by atoms with Crippen molar-refractivity contribution >= 4 is 27.3 Å². The maximum absolute atomic E-state index is 12.1. The Morgan fingerprint density at radius 3 is 2.29 bits per heavy atom. The molecule has 0 unspecified atom stereocenters. The molecule has 0 aliphatic heterocycles. The van der Waals surface area contributed by atoms with Gasteiger partial charge in [-0.15, -0.1) is 0 Å². The lowest BCUT2D eigenvalue weighted by Crippen LogP contribution is -2.22. The molecule has 2 aromatic carbocycles. The fourth-order valence-electron chi connectivity index (χ4n) is 1.60. The van der Waals surface area contributed by atoms with Gasteiger partial charge in [-0.3, -0.25) is 0 Å². The van der Waals surface area contributed by atoms with Crippen LogP contribution in [0.4, 0.5) is 5.69 Å². The minimum atomic E-state index is -3.54. The number of ether oxygens (including phenoxy) is 1. The summed E-state index contributed by atoms with van der Waals surface area (Å²) in [5.41, 5.74) is 6.18. The van der Waals surface area contributed by atoms with Crippen molar-refractivity contribution in [2.24, 2.45) is 0 Å². The van der Waals surface area contributed by atoms with E-state index in [0.717, 1.165) is 4.31 Å². The summed E-state index contributed by atoms with van der Waals surface area (Å²) in [6.45, 7) is 0. The molecule has 21 heavy (non-hydrogen) atoms. The van der Waals surface area contributed by atoms with Gasteiger partial charge in [0.25, 0.3) is 0 Å². The average Bonchev–Trinajstić information content (AvgIpc) is 2.43. The molecule has 0 fully saturated rings. The van der Waals surface area contributed by atoms with Crippen LogP contribution in [-0.2, 0) is 10.0 Å². The highest BCUT2D eigenvalue weighted by molar-refractivity contribution is 7.89. The number of anilines is 1. The summed E-state index contributed by atoms with van der Waals surface area (Å²) < 4.78 is 31.0. The van der Waals surface area contributed by atoms with Crippen LogP contribution >= 0.6 is 11.6 Å². The molecule has 0 atom stereocenters. The molecule has 0 bridgehead atoms. The highest BCUT2D eigenvalue weighted by atomic mass is 35.5. The lowest BCUT2D eigenvalue weighted by atomic mass is 10.3.